The molecule has 1 aliphatic rings. The van der Waals surface area contributed by atoms with Crippen molar-refractivity contribution in [3.8, 4) is 0 Å². The molecule has 0 atom stereocenters. The van der Waals surface area contributed by atoms with Crippen molar-refractivity contribution in [1.29, 1.82) is 0 Å². The zero-order valence-electron chi connectivity index (χ0n) is 7.54. The van der Waals surface area contributed by atoms with Crippen molar-refractivity contribution in [2.75, 3.05) is 0 Å². The van der Waals surface area contributed by atoms with Crippen molar-refractivity contribution in [3.63, 3.8) is 0 Å². The minimum Gasteiger partial charge on any atom is -0.288 e. The average molecular weight is 332 g/mol. The van der Waals surface area contributed by atoms with Gasteiger partial charge < -0.3 is 0 Å². The van der Waals surface area contributed by atoms with Gasteiger partial charge in [0, 0.05) is 6.20 Å². The Labute approximate surface area is 97.7 Å². The number of hydrogen-bond acceptors (Lipinski definition) is 2. The highest BCUT2D eigenvalue weighted by Crippen LogP contribution is 2.37. The Hall–Kier alpha value is -0.310. The van der Waals surface area contributed by atoms with Gasteiger partial charge in [-0.3, -0.25) is 9.42 Å². The maximum absolute atomic E-state index is 11.8. The van der Waals surface area contributed by atoms with Crippen LogP contribution in [0.25, 0.3) is 0 Å². The lowest BCUT2D eigenvalue weighted by molar-refractivity contribution is -0.353. The Morgan fingerprint density at radius 2 is 2.13 bits per heavy atom. The number of ether oxygens (including phenoxy) is 1. The van der Waals surface area contributed by atoms with Crippen LogP contribution in [0.4, 0.5) is 13.2 Å². The summed E-state index contributed by atoms with van der Waals surface area (Å²) in [5, 5.41) is 4.04. The third kappa shape index (κ3) is 2.83. The second-order valence-electron chi connectivity index (χ2n) is 3.45. The van der Waals surface area contributed by atoms with Gasteiger partial charge in [0.1, 0.15) is 0 Å². The minimum atomic E-state index is -4.52. The van der Waals surface area contributed by atoms with Crippen LogP contribution in [-0.2, 0) is 4.74 Å². The summed E-state index contributed by atoms with van der Waals surface area (Å²) < 4.78 is 42.0. The predicted molar refractivity (Wildman–Crippen MR) is 54.1 cm³/mol. The molecule has 0 aromatic carbocycles. The maximum atomic E-state index is 11.8. The summed E-state index contributed by atoms with van der Waals surface area (Å²) >= 11 is 2.11. The molecule has 2 rings (SSSR count). The molecule has 0 spiro atoms. The first-order valence-electron chi connectivity index (χ1n) is 4.38. The predicted octanol–water partition coefficient (Wildman–Crippen LogP) is 2.73. The quantitative estimate of drug-likeness (QED) is 0.779. The Morgan fingerprint density at radius 3 is 2.60 bits per heavy atom. The SMILES string of the molecule is FC(F)(F)O[C@H]1C[C@@H](n2cc(I)cn2)C1. The van der Waals surface area contributed by atoms with E-state index in [1.807, 2.05) is 6.20 Å². The number of halogens is 4. The number of hydrogen-bond donors (Lipinski definition) is 0. The van der Waals surface area contributed by atoms with E-state index >= 15 is 0 Å². The van der Waals surface area contributed by atoms with Crippen LogP contribution in [0.2, 0.25) is 0 Å². The van der Waals surface area contributed by atoms with Gasteiger partial charge in [0.15, 0.2) is 0 Å². The van der Waals surface area contributed by atoms with Crippen LogP contribution < -0.4 is 0 Å². The van der Waals surface area contributed by atoms with Crippen LogP contribution in [0, 0.1) is 3.57 Å². The van der Waals surface area contributed by atoms with Crippen molar-refractivity contribution >= 4 is 22.6 Å². The summed E-state index contributed by atoms with van der Waals surface area (Å²) in [5.74, 6) is 0. The molecule has 7 heteroatoms. The highest BCUT2D eigenvalue weighted by Gasteiger charge is 2.40. The molecule has 0 aliphatic heterocycles. The first kappa shape index (κ1) is 11.2. The first-order valence-corrected chi connectivity index (χ1v) is 5.46. The fourth-order valence-electron chi connectivity index (χ4n) is 1.55. The monoisotopic (exact) mass is 332 g/mol. The van der Waals surface area contributed by atoms with Gasteiger partial charge in [-0.1, -0.05) is 0 Å². The summed E-state index contributed by atoms with van der Waals surface area (Å²) in [6, 6.07) is 0.0425. The highest BCUT2D eigenvalue weighted by molar-refractivity contribution is 14.1. The van der Waals surface area contributed by atoms with Crippen LogP contribution in [0.1, 0.15) is 18.9 Å². The summed E-state index contributed by atoms with van der Waals surface area (Å²) in [6.07, 6.45) is -0.993. The van der Waals surface area contributed by atoms with E-state index in [0.29, 0.717) is 12.8 Å². The first-order chi connectivity index (χ1) is 6.94. The molecule has 1 aromatic rings. The molecule has 1 heterocycles. The minimum absolute atomic E-state index is 0.0425. The lowest BCUT2D eigenvalue weighted by Crippen LogP contribution is -2.37. The number of nitrogens with zero attached hydrogens (tertiary/aromatic N) is 2. The van der Waals surface area contributed by atoms with E-state index in [-0.39, 0.29) is 6.04 Å². The molecule has 84 valence electrons. The molecule has 1 aliphatic carbocycles. The van der Waals surface area contributed by atoms with Crippen LogP contribution in [-0.4, -0.2) is 22.2 Å². The van der Waals surface area contributed by atoms with Crippen LogP contribution in [0.15, 0.2) is 12.4 Å². The summed E-state index contributed by atoms with van der Waals surface area (Å²) in [4.78, 5) is 0. The molecule has 0 unspecified atom stereocenters. The standard InChI is InChI=1S/C8H8F3IN2O/c9-8(10,11)15-7-1-6(2-7)14-4-5(12)3-13-14/h3-4,6-7H,1-2H2/t6-,7+. The Morgan fingerprint density at radius 1 is 1.47 bits per heavy atom. The molecule has 0 N–H and O–H groups in total. The zero-order valence-corrected chi connectivity index (χ0v) is 9.70. The lowest BCUT2D eigenvalue weighted by Gasteiger charge is -2.35. The molecule has 1 aromatic heterocycles. The summed E-state index contributed by atoms with van der Waals surface area (Å²) in [7, 11) is 0. The largest absolute Gasteiger partial charge is 0.522 e. The topological polar surface area (TPSA) is 27.1 Å². The van der Waals surface area contributed by atoms with E-state index in [2.05, 4.69) is 32.4 Å². The van der Waals surface area contributed by atoms with E-state index in [1.165, 1.54) is 0 Å². The van der Waals surface area contributed by atoms with Gasteiger partial charge >= 0.3 is 6.36 Å². The van der Waals surface area contributed by atoms with Gasteiger partial charge in [0.05, 0.1) is 21.9 Å². The average Bonchev–Trinajstić information content (AvgIpc) is 2.41. The van der Waals surface area contributed by atoms with Gasteiger partial charge in [-0.15, -0.1) is 13.2 Å². The van der Waals surface area contributed by atoms with Crippen molar-refractivity contribution in [2.45, 2.75) is 31.3 Å². The zero-order chi connectivity index (χ0) is 11.1. The van der Waals surface area contributed by atoms with Gasteiger partial charge in [0.2, 0.25) is 0 Å². The molecule has 0 saturated heterocycles. The third-order valence-corrected chi connectivity index (χ3v) is 2.87. The molecule has 0 radical (unpaired) electrons. The van der Waals surface area contributed by atoms with E-state index < -0.39 is 12.5 Å². The smallest absolute Gasteiger partial charge is 0.288 e. The lowest BCUT2D eigenvalue weighted by atomic mass is 9.89. The Balaban J connectivity index is 1.84. The van der Waals surface area contributed by atoms with Crippen molar-refractivity contribution in [3.05, 3.63) is 16.0 Å². The van der Waals surface area contributed by atoms with Crippen LogP contribution in [0.5, 0.6) is 0 Å². The fourth-order valence-corrected chi connectivity index (χ4v) is 1.96. The molecule has 0 amide bonds. The van der Waals surface area contributed by atoms with Crippen LogP contribution >= 0.6 is 22.6 Å². The van der Waals surface area contributed by atoms with Crippen LogP contribution in [0.3, 0.4) is 0 Å². The normalized spacial score (nSPS) is 26.4. The van der Waals surface area contributed by atoms with E-state index in [4.69, 9.17) is 0 Å². The van der Waals surface area contributed by atoms with Gasteiger partial charge in [-0.2, -0.15) is 5.10 Å². The van der Waals surface area contributed by atoms with Crippen molar-refractivity contribution in [1.82, 2.24) is 9.78 Å². The molecular weight excluding hydrogens is 324 g/mol. The molecule has 3 nitrogen and oxygen atoms in total. The van der Waals surface area contributed by atoms with Crippen molar-refractivity contribution in [2.24, 2.45) is 0 Å². The third-order valence-electron chi connectivity index (χ3n) is 2.31. The van der Waals surface area contributed by atoms with E-state index in [9.17, 15) is 13.2 Å². The fraction of sp³-hybridized carbons (Fsp3) is 0.625. The van der Waals surface area contributed by atoms with Gasteiger partial charge in [0.25, 0.3) is 0 Å². The second kappa shape index (κ2) is 3.93. The van der Waals surface area contributed by atoms with Crippen molar-refractivity contribution < 1.29 is 17.9 Å². The molecule has 1 saturated carbocycles. The molecule has 0 bridgehead atoms. The Kier molecular flexibility index (Phi) is 2.93. The second-order valence-corrected chi connectivity index (χ2v) is 4.70. The number of rotatable bonds is 2. The highest BCUT2D eigenvalue weighted by atomic mass is 127. The molecule has 1 fully saturated rings. The summed E-state index contributed by atoms with van der Waals surface area (Å²) in [5.41, 5.74) is 0. The number of aromatic nitrogens is 2. The molecule has 15 heavy (non-hydrogen) atoms. The summed E-state index contributed by atoms with van der Waals surface area (Å²) in [6.45, 7) is 0. The van der Waals surface area contributed by atoms with E-state index in [1.54, 1.807) is 10.9 Å². The molecular formula is C8H8F3IN2O. The maximum Gasteiger partial charge on any atom is 0.522 e. The van der Waals surface area contributed by atoms with E-state index in [0.717, 1.165) is 3.57 Å². The van der Waals surface area contributed by atoms with Gasteiger partial charge in [-0.25, -0.2) is 0 Å². The Bertz CT molecular complexity index is 346. The van der Waals surface area contributed by atoms with Gasteiger partial charge in [-0.05, 0) is 35.4 Å². The number of alkyl halides is 3.